The van der Waals surface area contributed by atoms with E-state index in [4.69, 9.17) is 4.74 Å². The fourth-order valence-corrected chi connectivity index (χ4v) is 2.95. The summed E-state index contributed by atoms with van der Waals surface area (Å²) in [6, 6.07) is 9.82. The number of hydrogen-bond donors (Lipinski definition) is 2. The summed E-state index contributed by atoms with van der Waals surface area (Å²) in [6.45, 7) is 0.591. The van der Waals surface area contributed by atoms with Crippen LogP contribution in [-0.2, 0) is 0 Å². The molecule has 0 bridgehead atoms. The number of pyridine rings is 1. The predicted octanol–water partition coefficient (Wildman–Crippen LogP) is 3.38. The van der Waals surface area contributed by atoms with Gasteiger partial charge in [0.25, 0.3) is 5.91 Å². The Morgan fingerprint density at radius 2 is 2.08 bits per heavy atom. The van der Waals surface area contributed by atoms with E-state index in [9.17, 15) is 9.18 Å². The third kappa shape index (κ3) is 4.92. The van der Waals surface area contributed by atoms with Crippen molar-refractivity contribution in [1.29, 1.82) is 0 Å². The first-order chi connectivity index (χ1) is 12.2. The van der Waals surface area contributed by atoms with Gasteiger partial charge in [0.2, 0.25) is 0 Å². The topological polar surface area (TPSA) is 63.2 Å². The average molecular weight is 343 g/mol. The molecule has 132 valence electrons. The van der Waals surface area contributed by atoms with Crippen molar-refractivity contribution >= 4 is 11.7 Å². The Morgan fingerprint density at radius 3 is 2.88 bits per heavy atom. The summed E-state index contributed by atoms with van der Waals surface area (Å²) < 4.78 is 18.5. The Morgan fingerprint density at radius 1 is 1.24 bits per heavy atom. The highest BCUT2D eigenvalue weighted by molar-refractivity contribution is 5.98. The molecule has 1 aliphatic carbocycles. The Kier molecular flexibility index (Phi) is 5.82. The zero-order valence-corrected chi connectivity index (χ0v) is 14.0. The largest absolute Gasteiger partial charge is 0.492 e. The van der Waals surface area contributed by atoms with Gasteiger partial charge in [-0.3, -0.25) is 4.79 Å². The van der Waals surface area contributed by atoms with Gasteiger partial charge in [-0.2, -0.15) is 0 Å². The van der Waals surface area contributed by atoms with Crippen molar-refractivity contribution in [1.82, 2.24) is 10.3 Å². The molecule has 2 aromatic rings. The van der Waals surface area contributed by atoms with Crippen molar-refractivity contribution in [3.05, 3.63) is 54.0 Å². The van der Waals surface area contributed by atoms with Gasteiger partial charge in [-0.25, -0.2) is 9.37 Å². The molecule has 0 saturated heterocycles. The highest BCUT2D eigenvalue weighted by Gasteiger charge is 2.18. The SMILES string of the molecule is O=C(NCCOc1cccc(F)c1)c1cccnc1NC1CCCC1. The van der Waals surface area contributed by atoms with Crippen LogP contribution < -0.4 is 15.4 Å². The van der Waals surface area contributed by atoms with Gasteiger partial charge in [0, 0.05) is 18.3 Å². The highest BCUT2D eigenvalue weighted by atomic mass is 19.1. The minimum absolute atomic E-state index is 0.198. The molecule has 1 aliphatic rings. The molecule has 0 radical (unpaired) electrons. The van der Waals surface area contributed by atoms with Gasteiger partial charge < -0.3 is 15.4 Å². The van der Waals surface area contributed by atoms with Gasteiger partial charge >= 0.3 is 0 Å². The lowest BCUT2D eigenvalue weighted by molar-refractivity contribution is 0.0947. The monoisotopic (exact) mass is 343 g/mol. The summed E-state index contributed by atoms with van der Waals surface area (Å²) in [5, 5.41) is 6.18. The maximum Gasteiger partial charge on any atom is 0.255 e. The summed E-state index contributed by atoms with van der Waals surface area (Å²) in [7, 11) is 0. The number of ether oxygens (including phenoxy) is 1. The van der Waals surface area contributed by atoms with Gasteiger partial charge in [-0.1, -0.05) is 18.9 Å². The van der Waals surface area contributed by atoms with Crippen molar-refractivity contribution < 1.29 is 13.9 Å². The van der Waals surface area contributed by atoms with Crippen LogP contribution in [0.4, 0.5) is 10.2 Å². The molecule has 1 aromatic carbocycles. The normalized spacial score (nSPS) is 14.3. The number of carbonyl (C=O) groups excluding carboxylic acids is 1. The molecular formula is C19H22FN3O2. The van der Waals surface area contributed by atoms with E-state index >= 15 is 0 Å². The first-order valence-electron chi connectivity index (χ1n) is 8.60. The third-order valence-corrected chi connectivity index (χ3v) is 4.20. The summed E-state index contributed by atoms with van der Waals surface area (Å²) in [6.07, 6.45) is 6.33. The Balaban J connectivity index is 1.51. The van der Waals surface area contributed by atoms with Crippen LogP contribution >= 0.6 is 0 Å². The number of carbonyl (C=O) groups is 1. The van der Waals surface area contributed by atoms with Gasteiger partial charge in [-0.05, 0) is 37.1 Å². The second kappa shape index (κ2) is 8.46. The van der Waals surface area contributed by atoms with E-state index in [1.54, 1.807) is 30.5 Å². The van der Waals surface area contributed by atoms with E-state index in [1.807, 2.05) is 0 Å². The zero-order valence-electron chi connectivity index (χ0n) is 14.0. The third-order valence-electron chi connectivity index (χ3n) is 4.20. The molecule has 2 N–H and O–H groups in total. The molecule has 3 rings (SSSR count). The second-order valence-corrected chi connectivity index (χ2v) is 6.09. The molecule has 1 fully saturated rings. The van der Waals surface area contributed by atoms with Crippen molar-refractivity contribution in [2.75, 3.05) is 18.5 Å². The quantitative estimate of drug-likeness (QED) is 0.757. The van der Waals surface area contributed by atoms with E-state index in [1.165, 1.54) is 25.0 Å². The molecule has 1 amide bonds. The maximum absolute atomic E-state index is 13.1. The minimum atomic E-state index is -0.348. The number of nitrogens with zero attached hydrogens (tertiary/aromatic N) is 1. The van der Waals surface area contributed by atoms with E-state index in [0.29, 0.717) is 29.7 Å². The molecule has 1 saturated carbocycles. The number of halogens is 1. The zero-order chi connectivity index (χ0) is 17.5. The lowest BCUT2D eigenvalue weighted by Gasteiger charge is -2.15. The summed E-state index contributed by atoms with van der Waals surface area (Å²) in [4.78, 5) is 16.7. The van der Waals surface area contributed by atoms with E-state index < -0.39 is 0 Å². The van der Waals surface area contributed by atoms with Crippen molar-refractivity contribution in [2.45, 2.75) is 31.7 Å². The second-order valence-electron chi connectivity index (χ2n) is 6.09. The van der Waals surface area contributed by atoms with Crippen molar-refractivity contribution in [2.24, 2.45) is 0 Å². The summed E-state index contributed by atoms with van der Waals surface area (Å²) in [5.41, 5.74) is 0.528. The smallest absolute Gasteiger partial charge is 0.255 e. The van der Waals surface area contributed by atoms with Gasteiger partial charge in [0.1, 0.15) is 24.0 Å². The van der Waals surface area contributed by atoms with Crippen molar-refractivity contribution in [3.8, 4) is 5.75 Å². The van der Waals surface area contributed by atoms with Crippen LogP contribution in [0.1, 0.15) is 36.0 Å². The number of anilines is 1. The molecule has 0 unspecified atom stereocenters. The number of amides is 1. The van der Waals surface area contributed by atoms with Gasteiger partial charge in [0.05, 0.1) is 12.1 Å². The first-order valence-corrected chi connectivity index (χ1v) is 8.60. The molecule has 0 atom stereocenters. The molecule has 6 heteroatoms. The van der Waals surface area contributed by atoms with E-state index in [-0.39, 0.29) is 18.3 Å². The lowest BCUT2D eigenvalue weighted by Crippen LogP contribution is -2.29. The Hall–Kier alpha value is -2.63. The molecule has 1 heterocycles. The molecular weight excluding hydrogens is 321 g/mol. The number of benzene rings is 1. The number of hydrogen-bond acceptors (Lipinski definition) is 4. The molecule has 0 aliphatic heterocycles. The van der Waals surface area contributed by atoms with Crippen molar-refractivity contribution in [3.63, 3.8) is 0 Å². The van der Waals surface area contributed by atoms with Crippen LogP contribution in [0.25, 0.3) is 0 Å². The standard InChI is InChI=1S/C19H22FN3O2/c20-14-5-3-8-16(13-14)25-12-11-22-19(24)17-9-4-10-21-18(17)23-15-6-1-2-7-15/h3-5,8-10,13,15H,1-2,6-7,11-12H2,(H,21,23)(H,22,24). The number of nitrogens with one attached hydrogen (secondary N) is 2. The van der Waals surface area contributed by atoms with E-state index in [2.05, 4.69) is 15.6 Å². The van der Waals surface area contributed by atoms with Crippen LogP contribution in [0.15, 0.2) is 42.6 Å². The van der Waals surface area contributed by atoms with Crippen LogP contribution in [0, 0.1) is 5.82 Å². The van der Waals surface area contributed by atoms with Crippen LogP contribution in [0.2, 0.25) is 0 Å². The highest BCUT2D eigenvalue weighted by Crippen LogP contribution is 2.23. The van der Waals surface area contributed by atoms with Crippen LogP contribution in [0.5, 0.6) is 5.75 Å². The Bertz CT molecular complexity index is 717. The fourth-order valence-electron chi connectivity index (χ4n) is 2.95. The van der Waals surface area contributed by atoms with E-state index in [0.717, 1.165) is 12.8 Å². The van der Waals surface area contributed by atoms with Gasteiger partial charge in [0.15, 0.2) is 0 Å². The van der Waals surface area contributed by atoms with Crippen LogP contribution in [0.3, 0.4) is 0 Å². The molecule has 5 nitrogen and oxygen atoms in total. The number of aromatic nitrogens is 1. The van der Waals surface area contributed by atoms with Crippen LogP contribution in [-0.4, -0.2) is 30.1 Å². The predicted molar refractivity (Wildman–Crippen MR) is 94.3 cm³/mol. The molecule has 1 aromatic heterocycles. The summed E-state index contributed by atoms with van der Waals surface area (Å²) in [5.74, 6) is 0.521. The fraction of sp³-hybridized carbons (Fsp3) is 0.368. The summed E-state index contributed by atoms with van der Waals surface area (Å²) >= 11 is 0. The van der Waals surface area contributed by atoms with Gasteiger partial charge in [-0.15, -0.1) is 0 Å². The Labute approximate surface area is 146 Å². The first kappa shape index (κ1) is 17.2. The average Bonchev–Trinajstić information content (AvgIpc) is 3.12. The maximum atomic E-state index is 13.1. The number of rotatable bonds is 7. The lowest BCUT2D eigenvalue weighted by atomic mass is 10.2. The molecule has 0 spiro atoms. The molecule has 25 heavy (non-hydrogen) atoms. The minimum Gasteiger partial charge on any atom is -0.492 e.